The van der Waals surface area contributed by atoms with E-state index < -0.39 is 8.07 Å². The minimum absolute atomic E-state index is 1.04. The predicted octanol–water partition coefficient (Wildman–Crippen LogP) is 4.11. The van der Waals surface area contributed by atoms with Gasteiger partial charge in [0.1, 0.15) is 0 Å². The van der Waals surface area contributed by atoms with Gasteiger partial charge in [-0.25, -0.2) is 0 Å². The van der Waals surface area contributed by atoms with Gasteiger partial charge in [-0.2, -0.15) is 0 Å². The molecule has 0 fully saturated rings. The Kier molecular flexibility index (Phi) is 4.18. The van der Waals surface area contributed by atoms with E-state index in [1.165, 1.54) is 37.4 Å². The summed E-state index contributed by atoms with van der Waals surface area (Å²) in [5, 5.41) is 5.74. The Morgan fingerprint density at radius 1 is 0.452 bits per heavy atom. The van der Waals surface area contributed by atoms with Gasteiger partial charge in [-0.3, -0.25) is 4.98 Å². The van der Waals surface area contributed by atoms with Crippen molar-refractivity contribution < 1.29 is 0 Å². The zero-order valence-electron chi connectivity index (χ0n) is 17.1. The Morgan fingerprint density at radius 2 is 1.03 bits per heavy atom. The van der Waals surface area contributed by atoms with E-state index in [4.69, 9.17) is 4.98 Å². The second kappa shape index (κ2) is 7.19. The van der Waals surface area contributed by atoms with E-state index in [0.717, 1.165) is 5.69 Å². The molecule has 146 valence electrons. The maximum absolute atomic E-state index is 4.76. The van der Waals surface area contributed by atoms with Gasteiger partial charge in [-0.1, -0.05) is 109 Å². The van der Waals surface area contributed by atoms with Crippen molar-refractivity contribution in [2.75, 3.05) is 0 Å². The highest BCUT2D eigenvalue weighted by Crippen LogP contribution is 2.32. The molecule has 0 atom stereocenters. The molecule has 2 heterocycles. The molecule has 1 aliphatic rings. The molecule has 0 radical (unpaired) electrons. The molecule has 0 bridgehead atoms. The number of pyridine rings is 1. The summed E-state index contributed by atoms with van der Waals surface area (Å²) >= 11 is 0. The fraction of sp³-hybridized carbons (Fsp3) is 0. The van der Waals surface area contributed by atoms with Crippen molar-refractivity contribution in [2.24, 2.45) is 0 Å². The predicted molar refractivity (Wildman–Crippen MR) is 132 cm³/mol. The van der Waals surface area contributed by atoms with Crippen LogP contribution in [0.4, 0.5) is 0 Å². The van der Waals surface area contributed by atoms with Gasteiger partial charge in [0.25, 0.3) is 0 Å². The van der Waals surface area contributed by atoms with Gasteiger partial charge in [0, 0.05) is 11.8 Å². The summed E-state index contributed by atoms with van der Waals surface area (Å²) < 4.78 is 0. The van der Waals surface area contributed by atoms with Crippen LogP contribution in [0, 0.1) is 0 Å². The fourth-order valence-electron chi connectivity index (χ4n) is 5.24. The van der Waals surface area contributed by atoms with Crippen LogP contribution < -0.4 is 20.7 Å². The van der Waals surface area contributed by atoms with E-state index in [9.17, 15) is 0 Å². The molecule has 0 saturated heterocycles. The highest BCUT2D eigenvalue weighted by atomic mass is 28.3. The fourth-order valence-corrected chi connectivity index (χ4v) is 10.6. The van der Waals surface area contributed by atoms with Gasteiger partial charge in [0.05, 0.1) is 5.69 Å². The first kappa shape index (κ1) is 18.1. The summed E-state index contributed by atoms with van der Waals surface area (Å²) in [4.78, 5) is 4.76. The van der Waals surface area contributed by atoms with Crippen molar-refractivity contribution in [1.82, 2.24) is 4.98 Å². The summed E-state index contributed by atoms with van der Waals surface area (Å²) in [5.41, 5.74) is 4.98. The largest absolute Gasteiger partial charge is 0.256 e. The van der Waals surface area contributed by atoms with Crippen LogP contribution in [0.15, 0.2) is 128 Å². The van der Waals surface area contributed by atoms with Crippen molar-refractivity contribution in [1.29, 1.82) is 0 Å². The monoisotopic (exact) mass is 411 g/mol. The molecule has 0 N–H and O–H groups in total. The van der Waals surface area contributed by atoms with Crippen molar-refractivity contribution in [3.63, 3.8) is 0 Å². The smallest absolute Gasteiger partial charge is 0.181 e. The molecule has 0 aliphatic carbocycles. The lowest BCUT2D eigenvalue weighted by Crippen LogP contribution is -2.73. The quantitative estimate of drug-likeness (QED) is 0.400. The third-order valence-electron chi connectivity index (χ3n) is 6.42. The van der Waals surface area contributed by atoms with Crippen molar-refractivity contribution in [2.45, 2.75) is 0 Å². The molecule has 31 heavy (non-hydrogen) atoms. The molecule has 5 aromatic rings. The summed E-state index contributed by atoms with van der Waals surface area (Å²) in [7, 11) is -2.49. The molecule has 2 heteroatoms. The van der Waals surface area contributed by atoms with Gasteiger partial charge in [-0.05, 0) is 44.0 Å². The summed E-state index contributed by atoms with van der Waals surface area (Å²) in [5.74, 6) is 0. The minimum Gasteiger partial charge on any atom is -0.256 e. The number of nitrogens with zero attached hydrogens (tertiary/aromatic N) is 1. The van der Waals surface area contributed by atoms with E-state index >= 15 is 0 Å². The minimum atomic E-state index is -2.49. The third kappa shape index (κ3) is 2.59. The van der Waals surface area contributed by atoms with Gasteiger partial charge in [0.15, 0.2) is 8.07 Å². The Bertz CT molecular complexity index is 1320. The number of hydrogen-bond donors (Lipinski definition) is 0. The van der Waals surface area contributed by atoms with Crippen LogP contribution in [0.1, 0.15) is 0 Å². The molecule has 1 nitrogen and oxygen atoms in total. The molecule has 4 aromatic carbocycles. The van der Waals surface area contributed by atoms with Crippen molar-refractivity contribution in [3.05, 3.63) is 128 Å². The number of hydrogen-bond acceptors (Lipinski definition) is 1. The van der Waals surface area contributed by atoms with Crippen LogP contribution >= 0.6 is 0 Å². The standard InChI is InChI=1S/C29H21NSi/c1-3-12-22(13-4-1)31(23-14-5-2-6-15-23)28-20-8-7-16-24(28)25-17-11-18-26(29(25)31)27-19-9-10-21-30-27/h1-21H. The van der Waals surface area contributed by atoms with Crippen LogP contribution in [0.5, 0.6) is 0 Å². The highest BCUT2D eigenvalue weighted by Gasteiger charge is 2.49. The molecule has 0 amide bonds. The third-order valence-corrected chi connectivity index (χ3v) is 11.3. The van der Waals surface area contributed by atoms with E-state index in [1.807, 2.05) is 12.3 Å². The summed E-state index contributed by atoms with van der Waals surface area (Å²) in [6.45, 7) is 0. The van der Waals surface area contributed by atoms with Crippen molar-refractivity contribution >= 4 is 28.8 Å². The molecule has 0 unspecified atom stereocenters. The lowest BCUT2D eigenvalue weighted by molar-refractivity contribution is 1.33. The van der Waals surface area contributed by atoms with E-state index in [2.05, 4.69) is 115 Å². The topological polar surface area (TPSA) is 12.9 Å². The number of fused-ring (bicyclic) bond motifs is 3. The van der Waals surface area contributed by atoms with Gasteiger partial charge in [-0.15, -0.1) is 0 Å². The lowest BCUT2D eigenvalue weighted by Gasteiger charge is -2.32. The normalized spacial score (nSPS) is 13.4. The molecular formula is C29H21NSi. The van der Waals surface area contributed by atoms with Crippen LogP contribution in [0.3, 0.4) is 0 Å². The zero-order valence-corrected chi connectivity index (χ0v) is 18.1. The second-order valence-corrected chi connectivity index (χ2v) is 11.7. The summed E-state index contributed by atoms with van der Waals surface area (Å²) in [6, 6.07) is 44.1. The van der Waals surface area contributed by atoms with Crippen LogP contribution in [-0.2, 0) is 0 Å². The number of benzene rings is 4. The molecule has 6 rings (SSSR count). The maximum Gasteiger partial charge on any atom is 0.181 e. The number of rotatable bonds is 3. The van der Waals surface area contributed by atoms with Crippen molar-refractivity contribution in [3.8, 4) is 22.4 Å². The first-order valence-corrected chi connectivity index (χ1v) is 12.7. The molecule has 1 aliphatic heterocycles. The Labute approximate surface area is 183 Å². The Hall–Kier alpha value is -3.75. The van der Waals surface area contributed by atoms with Gasteiger partial charge >= 0.3 is 0 Å². The SMILES string of the molecule is c1ccc([Si]2(c3ccccc3)c3ccccc3-c3cccc(-c4ccccn4)c32)cc1. The van der Waals surface area contributed by atoms with E-state index in [1.54, 1.807) is 0 Å². The van der Waals surface area contributed by atoms with Crippen LogP contribution in [-0.4, -0.2) is 13.1 Å². The molecular weight excluding hydrogens is 390 g/mol. The average molecular weight is 412 g/mol. The van der Waals surface area contributed by atoms with E-state index in [-0.39, 0.29) is 0 Å². The van der Waals surface area contributed by atoms with Gasteiger partial charge in [0.2, 0.25) is 0 Å². The second-order valence-electron chi connectivity index (χ2n) is 7.97. The first-order chi connectivity index (χ1) is 15.4. The molecule has 0 saturated carbocycles. The Morgan fingerprint density at radius 3 is 1.71 bits per heavy atom. The maximum atomic E-state index is 4.76. The first-order valence-electron chi connectivity index (χ1n) is 10.7. The zero-order chi connectivity index (χ0) is 20.7. The van der Waals surface area contributed by atoms with E-state index in [0.29, 0.717) is 0 Å². The average Bonchev–Trinajstić information content (AvgIpc) is 3.17. The lowest BCUT2D eigenvalue weighted by atomic mass is 10.0. The number of aromatic nitrogens is 1. The van der Waals surface area contributed by atoms with Crippen LogP contribution in [0.2, 0.25) is 0 Å². The Balaban J connectivity index is 1.82. The molecule has 0 spiro atoms. The van der Waals surface area contributed by atoms with Gasteiger partial charge < -0.3 is 0 Å². The molecule has 1 aromatic heterocycles. The van der Waals surface area contributed by atoms with Crippen LogP contribution in [0.25, 0.3) is 22.4 Å². The highest BCUT2D eigenvalue weighted by molar-refractivity contribution is 7.22. The summed E-state index contributed by atoms with van der Waals surface area (Å²) in [6.07, 6.45) is 1.89.